The third kappa shape index (κ3) is 2.34. The molecule has 0 bridgehead atoms. The lowest BCUT2D eigenvalue weighted by atomic mass is 9.86. The fourth-order valence-corrected chi connectivity index (χ4v) is 3.48. The van der Waals surface area contributed by atoms with Gasteiger partial charge in [-0.15, -0.1) is 0 Å². The second-order valence-electron chi connectivity index (χ2n) is 5.75. The molecule has 98 valence electrons. The van der Waals surface area contributed by atoms with Gasteiger partial charge in [-0.1, -0.05) is 12.8 Å². The Morgan fingerprint density at radius 1 is 1.22 bits per heavy atom. The van der Waals surface area contributed by atoms with Crippen LogP contribution in [-0.4, -0.2) is 35.1 Å². The number of ether oxygens (including phenoxy) is 1. The standard InChI is InChI=1S/C14H21N3O/c1-18-13-15-8-12(9-16-13)10-17-7-6-14(11-17)4-2-3-5-14/h8-9H,2-7,10-11H2,1H3. The maximum absolute atomic E-state index is 4.98. The quantitative estimate of drug-likeness (QED) is 0.821. The Hall–Kier alpha value is -1.16. The van der Waals surface area contributed by atoms with Crippen LogP contribution >= 0.6 is 0 Å². The molecule has 2 aliphatic rings. The number of hydrogen-bond donors (Lipinski definition) is 0. The predicted octanol–water partition coefficient (Wildman–Crippen LogP) is 2.25. The van der Waals surface area contributed by atoms with Gasteiger partial charge in [0.1, 0.15) is 0 Å². The predicted molar refractivity (Wildman–Crippen MR) is 69.4 cm³/mol. The Morgan fingerprint density at radius 2 is 1.94 bits per heavy atom. The molecule has 0 amide bonds. The smallest absolute Gasteiger partial charge is 0.316 e. The summed E-state index contributed by atoms with van der Waals surface area (Å²) in [6.07, 6.45) is 10.9. The molecule has 1 aliphatic heterocycles. The summed E-state index contributed by atoms with van der Waals surface area (Å²) in [7, 11) is 1.60. The molecule has 4 heteroatoms. The minimum absolute atomic E-state index is 0.451. The molecule has 0 N–H and O–H groups in total. The average molecular weight is 247 g/mol. The van der Waals surface area contributed by atoms with Gasteiger partial charge in [-0.05, 0) is 31.2 Å². The molecule has 0 atom stereocenters. The van der Waals surface area contributed by atoms with Gasteiger partial charge in [0.05, 0.1) is 7.11 Å². The minimum atomic E-state index is 0.451. The zero-order chi connectivity index (χ0) is 12.4. The molecule has 2 heterocycles. The number of likely N-dealkylation sites (tertiary alicyclic amines) is 1. The lowest BCUT2D eigenvalue weighted by Crippen LogP contribution is -2.24. The van der Waals surface area contributed by atoms with Crippen LogP contribution < -0.4 is 4.74 Å². The maximum atomic E-state index is 4.98. The van der Waals surface area contributed by atoms with E-state index in [9.17, 15) is 0 Å². The van der Waals surface area contributed by atoms with E-state index in [1.54, 1.807) is 7.11 Å². The van der Waals surface area contributed by atoms with Crippen LogP contribution in [-0.2, 0) is 6.54 Å². The molecule has 1 aliphatic carbocycles. The molecule has 1 saturated carbocycles. The molecule has 0 radical (unpaired) electrons. The van der Waals surface area contributed by atoms with Crippen molar-refractivity contribution in [1.82, 2.24) is 14.9 Å². The summed E-state index contributed by atoms with van der Waals surface area (Å²) in [6, 6.07) is 0.451. The summed E-state index contributed by atoms with van der Waals surface area (Å²) < 4.78 is 4.98. The van der Waals surface area contributed by atoms with Gasteiger partial charge >= 0.3 is 6.01 Å². The average Bonchev–Trinajstić information content (AvgIpc) is 3.02. The van der Waals surface area contributed by atoms with Crippen LogP contribution in [0.2, 0.25) is 0 Å². The van der Waals surface area contributed by atoms with Gasteiger partial charge in [0, 0.05) is 31.0 Å². The lowest BCUT2D eigenvalue weighted by molar-refractivity contribution is 0.255. The Kier molecular flexibility index (Phi) is 3.20. The number of hydrogen-bond acceptors (Lipinski definition) is 4. The highest BCUT2D eigenvalue weighted by molar-refractivity contribution is 5.08. The first kappa shape index (κ1) is 11.9. The number of aromatic nitrogens is 2. The van der Waals surface area contributed by atoms with Crippen LogP contribution in [0.4, 0.5) is 0 Å². The molecule has 1 saturated heterocycles. The van der Waals surface area contributed by atoms with Crippen molar-refractivity contribution in [3.63, 3.8) is 0 Å². The summed E-state index contributed by atoms with van der Waals surface area (Å²) in [5, 5.41) is 0. The summed E-state index contributed by atoms with van der Waals surface area (Å²) in [4.78, 5) is 10.9. The highest BCUT2D eigenvalue weighted by Gasteiger charge is 2.39. The van der Waals surface area contributed by atoms with E-state index in [4.69, 9.17) is 4.74 Å². The largest absolute Gasteiger partial charge is 0.467 e. The SMILES string of the molecule is COc1ncc(CN2CCC3(CCCC3)C2)cn1. The van der Waals surface area contributed by atoms with Crippen molar-refractivity contribution in [2.24, 2.45) is 5.41 Å². The lowest BCUT2D eigenvalue weighted by Gasteiger charge is -2.23. The highest BCUT2D eigenvalue weighted by atomic mass is 16.5. The molecule has 4 nitrogen and oxygen atoms in total. The highest BCUT2D eigenvalue weighted by Crippen LogP contribution is 2.45. The summed E-state index contributed by atoms with van der Waals surface area (Å²) in [6.45, 7) is 3.47. The summed E-state index contributed by atoms with van der Waals surface area (Å²) in [5.74, 6) is 0. The maximum Gasteiger partial charge on any atom is 0.316 e. The molecule has 1 aromatic heterocycles. The van der Waals surface area contributed by atoms with Crippen molar-refractivity contribution in [2.45, 2.75) is 38.6 Å². The monoisotopic (exact) mass is 247 g/mol. The van der Waals surface area contributed by atoms with Gasteiger partial charge in [-0.3, -0.25) is 4.90 Å². The van der Waals surface area contributed by atoms with Crippen molar-refractivity contribution in [1.29, 1.82) is 0 Å². The van der Waals surface area contributed by atoms with Gasteiger partial charge in [0.15, 0.2) is 0 Å². The number of nitrogens with zero attached hydrogens (tertiary/aromatic N) is 3. The van der Waals surface area contributed by atoms with Crippen molar-refractivity contribution >= 4 is 0 Å². The van der Waals surface area contributed by atoms with Crippen molar-refractivity contribution in [2.75, 3.05) is 20.2 Å². The zero-order valence-electron chi connectivity index (χ0n) is 11.1. The first-order valence-electron chi connectivity index (χ1n) is 6.87. The fourth-order valence-electron chi connectivity index (χ4n) is 3.48. The molecular weight excluding hydrogens is 226 g/mol. The number of methoxy groups -OCH3 is 1. The van der Waals surface area contributed by atoms with E-state index in [-0.39, 0.29) is 0 Å². The van der Waals surface area contributed by atoms with Crippen LogP contribution in [0.25, 0.3) is 0 Å². The molecule has 2 fully saturated rings. The minimum Gasteiger partial charge on any atom is -0.467 e. The Morgan fingerprint density at radius 3 is 2.61 bits per heavy atom. The molecule has 0 aromatic carbocycles. The second kappa shape index (κ2) is 4.84. The zero-order valence-corrected chi connectivity index (χ0v) is 11.1. The Balaban J connectivity index is 1.60. The number of rotatable bonds is 3. The van der Waals surface area contributed by atoms with Crippen LogP contribution in [0.3, 0.4) is 0 Å². The summed E-state index contributed by atoms with van der Waals surface area (Å²) >= 11 is 0. The van der Waals surface area contributed by atoms with Gasteiger partial charge in [0.2, 0.25) is 0 Å². The third-order valence-corrected chi connectivity index (χ3v) is 4.45. The molecule has 0 unspecified atom stereocenters. The van der Waals surface area contributed by atoms with Crippen LogP contribution in [0.5, 0.6) is 6.01 Å². The molecule has 1 aromatic rings. The van der Waals surface area contributed by atoms with E-state index in [0.717, 1.165) is 6.54 Å². The van der Waals surface area contributed by atoms with Crippen LogP contribution in [0.15, 0.2) is 12.4 Å². The topological polar surface area (TPSA) is 38.2 Å². The van der Waals surface area contributed by atoms with E-state index in [0.29, 0.717) is 11.4 Å². The summed E-state index contributed by atoms with van der Waals surface area (Å²) in [5.41, 5.74) is 1.83. The molecule has 18 heavy (non-hydrogen) atoms. The van der Waals surface area contributed by atoms with Crippen LogP contribution in [0.1, 0.15) is 37.7 Å². The van der Waals surface area contributed by atoms with E-state index in [2.05, 4.69) is 14.9 Å². The first-order chi connectivity index (χ1) is 8.80. The fraction of sp³-hybridized carbons (Fsp3) is 0.714. The van der Waals surface area contributed by atoms with Crippen molar-refractivity contribution in [3.05, 3.63) is 18.0 Å². The molecule has 3 rings (SSSR count). The molecular formula is C14H21N3O. The van der Waals surface area contributed by atoms with E-state index in [1.165, 1.54) is 50.8 Å². The van der Waals surface area contributed by atoms with E-state index >= 15 is 0 Å². The Bertz CT molecular complexity index is 398. The van der Waals surface area contributed by atoms with Gasteiger partial charge in [-0.25, -0.2) is 9.97 Å². The van der Waals surface area contributed by atoms with Crippen molar-refractivity contribution < 1.29 is 4.74 Å². The normalized spacial score (nSPS) is 22.7. The van der Waals surface area contributed by atoms with Gasteiger partial charge < -0.3 is 4.74 Å². The van der Waals surface area contributed by atoms with E-state index in [1.807, 2.05) is 12.4 Å². The van der Waals surface area contributed by atoms with Crippen LogP contribution in [0, 0.1) is 5.41 Å². The second-order valence-corrected chi connectivity index (χ2v) is 5.75. The van der Waals surface area contributed by atoms with Gasteiger partial charge in [0.25, 0.3) is 0 Å². The van der Waals surface area contributed by atoms with Gasteiger partial charge in [-0.2, -0.15) is 0 Å². The van der Waals surface area contributed by atoms with E-state index < -0.39 is 0 Å². The van der Waals surface area contributed by atoms with Crippen molar-refractivity contribution in [3.8, 4) is 6.01 Å². The molecule has 1 spiro atoms. The Labute approximate surface area is 108 Å². The third-order valence-electron chi connectivity index (χ3n) is 4.45. The first-order valence-corrected chi connectivity index (χ1v) is 6.87.